The van der Waals surface area contributed by atoms with Gasteiger partial charge in [0.05, 0.1) is 29.5 Å². The Morgan fingerprint density at radius 3 is 2.34 bits per heavy atom. The fourth-order valence-electron chi connectivity index (χ4n) is 4.19. The van der Waals surface area contributed by atoms with Crippen LogP contribution in [0.4, 0.5) is 29.3 Å². The number of alkyl halides is 3. The number of hydrogen-bond donors (Lipinski definition) is 2. The van der Waals surface area contributed by atoms with Crippen molar-refractivity contribution in [1.29, 1.82) is 0 Å². The smallest absolute Gasteiger partial charge is 0.417 e. The average molecular weight is 603 g/mol. The van der Waals surface area contributed by atoms with Crippen LogP contribution in [0.5, 0.6) is 5.75 Å². The maximum absolute atomic E-state index is 13.1. The van der Waals surface area contributed by atoms with E-state index in [1.165, 1.54) is 17.4 Å². The summed E-state index contributed by atoms with van der Waals surface area (Å²) >= 11 is 7.15. The summed E-state index contributed by atoms with van der Waals surface area (Å²) in [6, 6.07) is 17.3. The minimum absolute atomic E-state index is 0.0292. The molecule has 1 fully saturated rings. The van der Waals surface area contributed by atoms with Crippen LogP contribution in [0.1, 0.15) is 5.56 Å². The van der Waals surface area contributed by atoms with E-state index < -0.39 is 22.8 Å². The lowest BCUT2D eigenvalue weighted by Crippen LogP contribution is -2.38. The van der Waals surface area contributed by atoms with Crippen LogP contribution in [0.3, 0.4) is 0 Å². The number of rotatable bonds is 8. The molecule has 1 saturated heterocycles. The SMILES string of the molecule is O=C(Nc1ccc(-c2csc(-c3ccc(OCCN4CCOCC4)cc3)n2)cc1)Nc1ccc(Cl)c(C(F)(F)F)c1. The highest BCUT2D eigenvalue weighted by atomic mass is 35.5. The average Bonchev–Trinajstić information content (AvgIpc) is 3.45. The molecule has 12 heteroatoms. The third-order valence-corrected chi connectivity index (χ3v) is 7.57. The standard InChI is InChI=1S/C29H26ClF3N4O3S/c30-25-10-7-22(17-24(25)29(31,32)33)35-28(38)34-21-5-1-19(2-6-21)26-18-41-27(36-26)20-3-8-23(9-4-20)40-16-13-37-11-14-39-15-12-37/h1-10,17-18H,11-16H2,(H2,34,35,38). The third kappa shape index (κ3) is 7.76. The fraction of sp³-hybridized carbons (Fsp3) is 0.241. The highest BCUT2D eigenvalue weighted by Gasteiger charge is 2.33. The minimum Gasteiger partial charge on any atom is -0.492 e. The molecule has 0 saturated carbocycles. The number of benzene rings is 3. The predicted octanol–water partition coefficient (Wildman–Crippen LogP) is 7.50. The van der Waals surface area contributed by atoms with Crippen LogP contribution < -0.4 is 15.4 Å². The molecule has 3 aromatic carbocycles. The summed E-state index contributed by atoms with van der Waals surface area (Å²) in [7, 11) is 0. The Balaban J connectivity index is 1.14. The minimum atomic E-state index is -4.63. The normalized spacial score (nSPS) is 14.0. The quantitative estimate of drug-likeness (QED) is 0.218. The number of urea groups is 1. The van der Waals surface area contributed by atoms with Gasteiger partial charge in [0.1, 0.15) is 17.4 Å². The molecule has 0 aliphatic carbocycles. The number of nitrogens with zero attached hydrogens (tertiary/aromatic N) is 2. The van der Waals surface area contributed by atoms with Crippen molar-refractivity contribution >= 4 is 40.3 Å². The van der Waals surface area contributed by atoms with Crippen LogP contribution >= 0.6 is 22.9 Å². The number of ether oxygens (including phenoxy) is 2. The highest BCUT2D eigenvalue weighted by molar-refractivity contribution is 7.13. The lowest BCUT2D eigenvalue weighted by molar-refractivity contribution is -0.137. The first-order valence-electron chi connectivity index (χ1n) is 12.8. The first-order chi connectivity index (χ1) is 19.7. The predicted molar refractivity (Wildman–Crippen MR) is 155 cm³/mol. The summed E-state index contributed by atoms with van der Waals surface area (Å²) in [5.41, 5.74) is 2.04. The Kier molecular flexibility index (Phi) is 9.09. The second-order valence-electron chi connectivity index (χ2n) is 9.21. The van der Waals surface area contributed by atoms with Crippen LogP contribution in [-0.4, -0.2) is 55.4 Å². The van der Waals surface area contributed by atoms with Gasteiger partial charge in [0.25, 0.3) is 0 Å². The Bertz CT molecular complexity index is 1470. The molecule has 1 aromatic heterocycles. The van der Waals surface area contributed by atoms with Gasteiger partial charge in [0.15, 0.2) is 0 Å². The summed E-state index contributed by atoms with van der Waals surface area (Å²) < 4.78 is 50.5. The van der Waals surface area contributed by atoms with Gasteiger partial charge in [-0.3, -0.25) is 4.90 Å². The molecule has 5 rings (SSSR count). The molecule has 0 radical (unpaired) electrons. The van der Waals surface area contributed by atoms with Crippen LogP contribution in [0, 0.1) is 0 Å². The first kappa shape index (κ1) is 28.9. The molecule has 7 nitrogen and oxygen atoms in total. The number of morpholine rings is 1. The van der Waals surface area contributed by atoms with E-state index in [0.717, 1.165) is 72.6 Å². The van der Waals surface area contributed by atoms with Gasteiger partial charge in [-0.2, -0.15) is 13.2 Å². The summed E-state index contributed by atoms with van der Waals surface area (Å²) in [6.45, 7) is 4.89. The molecule has 2 N–H and O–H groups in total. The van der Waals surface area contributed by atoms with E-state index in [2.05, 4.69) is 15.5 Å². The largest absolute Gasteiger partial charge is 0.492 e. The van der Waals surface area contributed by atoms with Gasteiger partial charge in [-0.05, 0) is 54.6 Å². The molecule has 0 unspecified atom stereocenters. The highest BCUT2D eigenvalue weighted by Crippen LogP contribution is 2.36. The Morgan fingerprint density at radius 1 is 0.976 bits per heavy atom. The number of carbonyl (C=O) groups excluding carboxylic acids is 1. The van der Waals surface area contributed by atoms with Crippen molar-refractivity contribution in [1.82, 2.24) is 9.88 Å². The fourth-order valence-corrected chi connectivity index (χ4v) is 5.25. The number of carbonyl (C=O) groups is 1. The molecule has 4 aromatic rings. The van der Waals surface area contributed by atoms with Crippen LogP contribution in [0.15, 0.2) is 72.1 Å². The van der Waals surface area contributed by atoms with E-state index in [-0.39, 0.29) is 5.69 Å². The number of amides is 2. The van der Waals surface area contributed by atoms with Gasteiger partial charge >= 0.3 is 12.2 Å². The lowest BCUT2D eigenvalue weighted by Gasteiger charge is -2.26. The number of thiazole rings is 1. The molecule has 0 bridgehead atoms. The molecule has 0 atom stereocenters. The zero-order valence-corrected chi connectivity index (χ0v) is 23.3. The summed E-state index contributed by atoms with van der Waals surface area (Å²) in [5, 5.41) is 7.38. The molecular weight excluding hydrogens is 577 g/mol. The molecule has 1 aliphatic heterocycles. The maximum atomic E-state index is 13.1. The van der Waals surface area contributed by atoms with E-state index >= 15 is 0 Å². The maximum Gasteiger partial charge on any atom is 0.417 e. The van der Waals surface area contributed by atoms with E-state index in [1.54, 1.807) is 12.1 Å². The number of hydrogen-bond acceptors (Lipinski definition) is 6. The number of anilines is 2. The Morgan fingerprint density at radius 2 is 1.63 bits per heavy atom. The van der Waals surface area contributed by atoms with Gasteiger partial charge < -0.3 is 20.1 Å². The Labute approximate surface area is 243 Å². The lowest BCUT2D eigenvalue weighted by atomic mass is 10.1. The van der Waals surface area contributed by atoms with Gasteiger partial charge in [0.2, 0.25) is 0 Å². The van der Waals surface area contributed by atoms with Gasteiger partial charge in [-0.1, -0.05) is 23.7 Å². The van der Waals surface area contributed by atoms with Crippen molar-refractivity contribution in [3.63, 3.8) is 0 Å². The van der Waals surface area contributed by atoms with Crippen molar-refractivity contribution in [2.75, 3.05) is 50.1 Å². The molecule has 41 heavy (non-hydrogen) atoms. The van der Waals surface area contributed by atoms with Crippen molar-refractivity contribution in [3.8, 4) is 27.6 Å². The van der Waals surface area contributed by atoms with Gasteiger partial charge in [-0.25, -0.2) is 9.78 Å². The summed E-state index contributed by atoms with van der Waals surface area (Å²) in [6.07, 6.45) is -4.63. The molecule has 2 amide bonds. The first-order valence-corrected chi connectivity index (χ1v) is 14.0. The molecular formula is C29H26ClF3N4O3S. The second kappa shape index (κ2) is 12.9. The topological polar surface area (TPSA) is 75.7 Å². The van der Waals surface area contributed by atoms with E-state index in [1.807, 2.05) is 41.8 Å². The number of nitrogens with one attached hydrogen (secondary N) is 2. The van der Waals surface area contributed by atoms with Crippen molar-refractivity contribution in [2.24, 2.45) is 0 Å². The second-order valence-corrected chi connectivity index (χ2v) is 10.5. The van der Waals surface area contributed by atoms with E-state index in [0.29, 0.717) is 12.3 Å². The third-order valence-electron chi connectivity index (χ3n) is 6.35. The summed E-state index contributed by atoms with van der Waals surface area (Å²) in [5.74, 6) is 0.808. The Hall–Kier alpha value is -3.64. The zero-order valence-electron chi connectivity index (χ0n) is 21.7. The monoisotopic (exact) mass is 602 g/mol. The van der Waals surface area contributed by atoms with Crippen LogP contribution in [0.25, 0.3) is 21.8 Å². The van der Waals surface area contributed by atoms with Gasteiger partial charge in [-0.15, -0.1) is 11.3 Å². The molecule has 2 heterocycles. The number of halogens is 4. The van der Waals surface area contributed by atoms with Crippen LogP contribution in [-0.2, 0) is 10.9 Å². The van der Waals surface area contributed by atoms with Crippen molar-refractivity contribution in [3.05, 3.63) is 82.7 Å². The van der Waals surface area contributed by atoms with Crippen LogP contribution in [0.2, 0.25) is 5.02 Å². The van der Waals surface area contributed by atoms with Gasteiger partial charge in [0, 0.05) is 47.5 Å². The van der Waals surface area contributed by atoms with Crippen molar-refractivity contribution in [2.45, 2.75) is 6.18 Å². The van der Waals surface area contributed by atoms with E-state index in [9.17, 15) is 18.0 Å². The molecule has 214 valence electrons. The number of aromatic nitrogens is 1. The summed E-state index contributed by atoms with van der Waals surface area (Å²) in [4.78, 5) is 19.4. The van der Waals surface area contributed by atoms with Crippen molar-refractivity contribution < 1.29 is 27.4 Å². The molecule has 0 spiro atoms. The van der Waals surface area contributed by atoms with E-state index in [4.69, 9.17) is 26.1 Å². The molecule has 1 aliphatic rings. The zero-order chi connectivity index (χ0) is 28.8.